The van der Waals surface area contributed by atoms with Crippen LogP contribution in [0, 0.1) is 11.8 Å². The molecule has 0 aliphatic carbocycles. The summed E-state index contributed by atoms with van der Waals surface area (Å²) in [6, 6.07) is 11.5. The monoisotopic (exact) mass is 763 g/mol. The largest absolute Gasteiger partial charge is 1.00 e. The zero-order valence-electron chi connectivity index (χ0n) is 24.1. The van der Waals surface area contributed by atoms with Crippen molar-refractivity contribution in [1.82, 2.24) is 9.30 Å². The van der Waals surface area contributed by atoms with Crippen LogP contribution in [0.25, 0.3) is 10.4 Å². The number of fused-ring (bicyclic) bond motifs is 2. The molecule has 1 aromatic carbocycles. The van der Waals surface area contributed by atoms with E-state index in [1.54, 1.807) is 30.8 Å². The molecule has 4 atom stereocenters. The number of hydrogen-bond donors (Lipinski definition) is 3. The molecule has 2 aliphatic heterocycles. The van der Waals surface area contributed by atoms with Gasteiger partial charge >= 0.3 is 5.97 Å². The molecule has 0 unspecified atom stereocenters. The number of aliphatic carboxylic acids is 1. The Kier molecular flexibility index (Phi) is 10.1. The maximum Gasteiger partial charge on any atom is 0.352 e. The number of primary amides is 1. The van der Waals surface area contributed by atoms with Gasteiger partial charge in [-0.05, 0) is 18.7 Å². The van der Waals surface area contributed by atoms with Crippen LogP contribution in [0.3, 0.4) is 0 Å². The van der Waals surface area contributed by atoms with Crippen LogP contribution in [0.15, 0.2) is 72.0 Å². The highest BCUT2D eigenvalue weighted by atomic mass is 79.9. The minimum atomic E-state index is -1.13. The molecule has 5 heterocycles. The highest BCUT2D eigenvalue weighted by Crippen LogP contribution is 2.51. The maximum absolute atomic E-state index is 12.8. The van der Waals surface area contributed by atoms with Crippen LogP contribution in [0.4, 0.5) is 0 Å². The number of hydrogen-bond acceptors (Lipinski definition) is 6. The predicted molar refractivity (Wildman–Crippen MR) is 157 cm³/mol. The van der Waals surface area contributed by atoms with E-state index in [-0.39, 0.29) is 57.5 Å². The minimum absolute atomic E-state index is 0. The summed E-state index contributed by atoms with van der Waals surface area (Å²) in [5, 5.41) is 21.3. The van der Waals surface area contributed by atoms with Crippen molar-refractivity contribution in [2.45, 2.75) is 44.1 Å². The van der Waals surface area contributed by atoms with Gasteiger partial charge in [0.1, 0.15) is 18.4 Å². The molecule has 44 heavy (non-hydrogen) atoms. The van der Waals surface area contributed by atoms with Gasteiger partial charge in [-0.25, -0.2) is 13.9 Å². The van der Waals surface area contributed by atoms with E-state index in [1.165, 1.54) is 16.2 Å². The fraction of sp³-hybridized carbons (Fsp3) is 0.300. The number of carbonyl (C=O) groups is 3. The lowest BCUT2D eigenvalue weighted by Crippen LogP contribution is -3.00. The molecule has 232 valence electrons. The molecule has 4 N–H and O–H groups in total. The van der Waals surface area contributed by atoms with E-state index in [2.05, 4.69) is 28.8 Å². The normalized spacial score (nSPS) is 19.7. The number of rotatable bonds is 9. The first-order chi connectivity index (χ1) is 20.1. The smallest absolute Gasteiger partial charge is 0.352 e. The molecular weight excluding hydrogens is 734 g/mol. The summed E-state index contributed by atoms with van der Waals surface area (Å²) < 4.78 is 6.19. The fourth-order valence-electron chi connectivity index (χ4n) is 6.15. The van der Waals surface area contributed by atoms with Gasteiger partial charge in [-0.1, -0.05) is 54.3 Å². The van der Waals surface area contributed by atoms with Crippen LogP contribution in [-0.2, 0) is 22.7 Å². The zero-order valence-corrected chi connectivity index (χ0v) is 28.9. The third kappa shape index (κ3) is 5.73. The third-order valence-corrected chi connectivity index (χ3v) is 10.2. The number of aliphatic hydroxyl groups excluding tert-OH is 1. The number of carboxylic acids is 1. The molecule has 6 rings (SSSR count). The Morgan fingerprint density at radius 2 is 1.70 bits per heavy atom. The van der Waals surface area contributed by atoms with Crippen LogP contribution in [-0.4, -0.2) is 55.7 Å². The number of carboxylic acid groups (broad SMARTS) is 1. The van der Waals surface area contributed by atoms with E-state index >= 15 is 0 Å². The van der Waals surface area contributed by atoms with Crippen LogP contribution < -0.4 is 48.8 Å². The van der Waals surface area contributed by atoms with Crippen molar-refractivity contribution >= 4 is 51.3 Å². The fourth-order valence-corrected chi connectivity index (χ4v) is 8.33. The Labute approximate surface area is 283 Å². The molecule has 10 nitrogen and oxygen atoms in total. The van der Waals surface area contributed by atoms with Gasteiger partial charge < -0.3 is 54.8 Å². The quantitative estimate of drug-likeness (QED) is 0.0910. The molecule has 2 amide bonds. The third-order valence-electron chi connectivity index (χ3n) is 8.16. The molecule has 14 heteroatoms. The average molecular weight is 766 g/mol. The van der Waals surface area contributed by atoms with Gasteiger partial charge in [-0.2, -0.15) is 4.40 Å². The Hall–Kier alpha value is -3.04. The van der Waals surface area contributed by atoms with Gasteiger partial charge in [0.05, 0.1) is 28.5 Å². The van der Waals surface area contributed by atoms with Crippen molar-refractivity contribution in [2.24, 2.45) is 17.6 Å². The second-order valence-corrected chi connectivity index (χ2v) is 12.6. The Bertz CT molecular complexity index is 1770. The molecule has 0 radical (unpaired) electrons. The van der Waals surface area contributed by atoms with Gasteiger partial charge in [0.15, 0.2) is 18.9 Å². The number of benzene rings is 1. The van der Waals surface area contributed by atoms with E-state index in [0.29, 0.717) is 24.2 Å². The van der Waals surface area contributed by atoms with Crippen molar-refractivity contribution < 1.29 is 67.7 Å². The summed E-state index contributed by atoms with van der Waals surface area (Å²) in [6.45, 7) is 4.86. The molecule has 3 aromatic heterocycles. The summed E-state index contributed by atoms with van der Waals surface area (Å²) in [6.07, 6.45) is 8.83. The number of aromatic nitrogens is 3. The number of nitrogens with two attached hydrogens (primary N) is 1. The molecule has 1 saturated heterocycles. The maximum atomic E-state index is 12.8. The molecule has 2 aliphatic rings. The van der Waals surface area contributed by atoms with Crippen LogP contribution in [0.1, 0.15) is 40.2 Å². The van der Waals surface area contributed by atoms with Crippen molar-refractivity contribution in [1.29, 1.82) is 0 Å². The Morgan fingerprint density at radius 1 is 1.09 bits per heavy atom. The number of halogens is 2. The van der Waals surface area contributed by atoms with E-state index in [9.17, 15) is 24.6 Å². The van der Waals surface area contributed by atoms with Crippen molar-refractivity contribution in [3.63, 3.8) is 0 Å². The Balaban J connectivity index is 0.00000221. The lowest BCUT2D eigenvalue weighted by Gasteiger charge is -2.46. The van der Waals surface area contributed by atoms with Gasteiger partial charge in [-0.3, -0.25) is 9.59 Å². The summed E-state index contributed by atoms with van der Waals surface area (Å²) in [7, 11) is 0. The van der Waals surface area contributed by atoms with E-state index in [4.69, 9.17) is 5.73 Å². The number of pyridine rings is 1. The summed E-state index contributed by atoms with van der Waals surface area (Å²) >= 11 is 3.15. The highest BCUT2D eigenvalue weighted by Gasteiger charge is 2.60. The molecule has 0 bridgehead atoms. The summed E-state index contributed by atoms with van der Waals surface area (Å²) in [4.78, 5) is 39.5. The van der Waals surface area contributed by atoms with Crippen LogP contribution >= 0.6 is 23.1 Å². The van der Waals surface area contributed by atoms with Gasteiger partial charge in [0, 0.05) is 29.2 Å². The molecule has 0 spiro atoms. The van der Waals surface area contributed by atoms with Gasteiger partial charge in [0.25, 0.3) is 6.33 Å². The number of amides is 2. The van der Waals surface area contributed by atoms with Gasteiger partial charge in [-0.15, -0.1) is 0 Å². The van der Waals surface area contributed by atoms with Gasteiger partial charge in [0.2, 0.25) is 21.7 Å². The first-order valence-corrected chi connectivity index (χ1v) is 15.6. The Morgan fingerprint density at radius 3 is 2.25 bits per heavy atom. The SMILES string of the molecule is CSc1c2sc(C3=C(C(=O)O)N4C(=O)[C@H]([C@@H](C)O)[C@@H]4[C@H]3C)cn2c[n+]1Cc1ccc(C[n+]2ccc(C(N)=O)cc2)cc1.[Br-].[Br-]. The molecular formula is C30H31Br2N5O5S2. The van der Waals surface area contributed by atoms with Crippen molar-refractivity contribution in [3.8, 4) is 0 Å². The second-order valence-electron chi connectivity index (χ2n) is 10.8. The number of nitrogens with zero attached hydrogens (tertiary/aromatic N) is 4. The standard InChI is InChI=1S/C30H29N5O5S2.2BrH/c1-16-22(25(30(39)40)35-24(16)23(17(2)36)27(35)38)21-14-34-15-33(28(41-3)29(34)42-21)13-19-6-4-18(5-7-19)12-32-10-8-20(9-11-32)26(31)37;;/h4-11,14-17,23-24,36H,12-13H2,1-3H3,(H-2,31,37,39,40);2*1H/t16-,17+,23+,24-;;/m0../s1. The number of aliphatic hydroxyl groups is 1. The number of thiazole rings is 1. The first kappa shape index (κ1) is 33.8. The number of thioether (sulfide) groups is 1. The first-order valence-electron chi connectivity index (χ1n) is 13.5. The van der Waals surface area contributed by atoms with Crippen molar-refractivity contribution in [3.05, 3.63) is 88.6 Å². The lowest BCUT2D eigenvalue weighted by molar-refractivity contribution is -0.721. The topological polar surface area (TPSA) is 133 Å². The molecule has 4 aromatic rings. The second kappa shape index (κ2) is 13.1. The van der Waals surface area contributed by atoms with E-state index in [0.717, 1.165) is 25.9 Å². The number of β-lactam (4-membered cyclic amide) rings is 1. The molecule has 1 fully saturated rings. The summed E-state index contributed by atoms with van der Waals surface area (Å²) in [5.41, 5.74) is 8.74. The highest BCUT2D eigenvalue weighted by molar-refractivity contribution is 7.98. The lowest BCUT2D eigenvalue weighted by atomic mass is 9.77. The predicted octanol–water partition coefficient (Wildman–Crippen LogP) is -3.85. The summed E-state index contributed by atoms with van der Waals surface area (Å²) in [5.74, 6) is -2.70. The number of imidazole rings is 1. The minimum Gasteiger partial charge on any atom is -1.00 e. The zero-order chi connectivity index (χ0) is 29.9. The molecule has 0 saturated carbocycles. The van der Waals surface area contributed by atoms with E-state index in [1.807, 2.05) is 47.1 Å². The van der Waals surface area contributed by atoms with Crippen LogP contribution in [0.5, 0.6) is 0 Å². The van der Waals surface area contributed by atoms with Crippen molar-refractivity contribution in [2.75, 3.05) is 6.26 Å². The number of carbonyl (C=O) groups excluding carboxylic acids is 2. The average Bonchev–Trinajstić information content (AvgIpc) is 3.56. The van der Waals surface area contributed by atoms with Crippen LogP contribution in [0.2, 0.25) is 0 Å². The van der Waals surface area contributed by atoms with E-state index < -0.39 is 23.9 Å².